The molecule has 1 amide bonds. The predicted molar refractivity (Wildman–Crippen MR) is 97.3 cm³/mol. The van der Waals surface area contributed by atoms with Gasteiger partial charge in [0.1, 0.15) is 6.07 Å². The fourth-order valence-corrected chi connectivity index (χ4v) is 4.10. The maximum atomic E-state index is 12.8. The van der Waals surface area contributed by atoms with Crippen LogP contribution in [0.4, 0.5) is 5.69 Å². The first-order valence-corrected chi connectivity index (χ1v) is 8.76. The van der Waals surface area contributed by atoms with Crippen molar-refractivity contribution in [1.82, 2.24) is 9.78 Å². The van der Waals surface area contributed by atoms with Crippen molar-refractivity contribution in [3.8, 4) is 17.3 Å². The number of amides is 1. The van der Waals surface area contributed by atoms with Crippen molar-refractivity contribution >= 4 is 23.4 Å². The summed E-state index contributed by atoms with van der Waals surface area (Å²) in [4.78, 5) is 14.0. The quantitative estimate of drug-likeness (QED) is 0.766. The van der Waals surface area contributed by atoms with Crippen molar-refractivity contribution in [2.24, 2.45) is 7.05 Å². The van der Waals surface area contributed by atoms with E-state index in [9.17, 15) is 10.1 Å². The number of thioether (sulfide) groups is 1. The molecule has 25 heavy (non-hydrogen) atoms. The zero-order valence-corrected chi connectivity index (χ0v) is 14.3. The molecule has 4 rings (SSSR count). The molecule has 1 N–H and O–H groups in total. The number of aryl methyl sites for hydroxylation is 1. The van der Waals surface area contributed by atoms with Crippen LogP contribution in [0.15, 0.2) is 53.4 Å². The third-order valence-electron chi connectivity index (χ3n) is 4.17. The molecular weight excluding hydrogens is 332 g/mol. The first-order valence-electron chi connectivity index (χ1n) is 7.77. The molecular formula is C19H14N4OS. The summed E-state index contributed by atoms with van der Waals surface area (Å²) in [6.45, 7) is 0. The zero-order chi connectivity index (χ0) is 17.4. The van der Waals surface area contributed by atoms with Gasteiger partial charge in [-0.3, -0.25) is 9.48 Å². The van der Waals surface area contributed by atoms with E-state index >= 15 is 0 Å². The van der Waals surface area contributed by atoms with E-state index in [0.717, 1.165) is 16.8 Å². The summed E-state index contributed by atoms with van der Waals surface area (Å²) in [5.74, 6) is 0.405. The summed E-state index contributed by atoms with van der Waals surface area (Å²) in [6, 6.07) is 17.2. The van der Waals surface area contributed by atoms with E-state index < -0.39 is 0 Å². The number of benzene rings is 2. The number of nitriles is 1. The Labute approximate surface area is 149 Å². The molecule has 1 aliphatic rings. The number of hydrogen-bond donors (Lipinski definition) is 1. The Hall–Kier alpha value is -3.04. The van der Waals surface area contributed by atoms with Crippen LogP contribution >= 0.6 is 11.8 Å². The highest BCUT2D eigenvalue weighted by Gasteiger charge is 2.27. The molecule has 0 saturated heterocycles. The number of hydrogen-bond acceptors (Lipinski definition) is 4. The average Bonchev–Trinajstić information content (AvgIpc) is 2.99. The Morgan fingerprint density at radius 1 is 1.24 bits per heavy atom. The molecule has 0 saturated carbocycles. The van der Waals surface area contributed by atoms with Crippen LogP contribution in [0.2, 0.25) is 0 Å². The van der Waals surface area contributed by atoms with Crippen LogP contribution in [0.3, 0.4) is 0 Å². The molecule has 0 spiro atoms. The number of fused-ring (bicyclic) bond motifs is 3. The Kier molecular flexibility index (Phi) is 3.79. The summed E-state index contributed by atoms with van der Waals surface area (Å²) < 4.78 is 1.76. The highest BCUT2D eigenvalue weighted by atomic mass is 32.2. The summed E-state index contributed by atoms with van der Waals surface area (Å²) in [5, 5.41) is 16.5. The fraction of sp³-hybridized carbons (Fsp3) is 0.105. The van der Waals surface area contributed by atoms with Crippen molar-refractivity contribution in [2.75, 3.05) is 5.32 Å². The Bertz CT molecular complexity index is 1030. The van der Waals surface area contributed by atoms with E-state index in [1.54, 1.807) is 40.7 Å². The number of rotatable bonds is 2. The summed E-state index contributed by atoms with van der Waals surface area (Å²) in [6.07, 6.45) is 0. The molecule has 6 heteroatoms. The molecule has 0 bridgehead atoms. The van der Waals surface area contributed by atoms with Gasteiger partial charge in [-0.1, -0.05) is 30.3 Å². The largest absolute Gasteiger partial charge is 0.319 e. The second-order valence-corrected chi connectivity index (χ2v) is 6.71. The van der Waals surface area contributed by atoms with Gasteiger partial charge in [0.25, 0.3) is 5.91 Å². The van der Waals surface area contributed by atoms with Gasteiger partial charge in [0.2, 0.25) is 0 Å². The van der Waals surface area contributed by atoms with Gasteiger partial charge in [-0.2, -0.15) is 10.4 Å². The Balaban J connectivity index is 1.74. The molecule has 1 aliphatic heterocycles. The normalized spacial score (nSPS) is 12.0. The number of nitrogens with zero attached hydrogens (tertiary/aromatic N) is 3. The van der Waals surface area contributed by atoms with E-state index in [4.69, 9.17) is 0 Å². The van der Waals surface area contributed by atoms with E-state index in [1.807, 2.05) is 19.2 Å². The number of aromatic nitrogens is 2. The molecule has 2 heterocycles. The van der Waals surface area contributed by atoms with Gasteiger partial charge < -0.3 is 5.32 Å². The summed E-state index contributed by atoms with van der Waals surface area (Å²) in [5.41, 5.74) is 4.34. The van der Waals surface area contributed by atoms with Gasteiger partial charge in [-0.15, -0.1) is 11.8 Å². The molecule has 122 valence electrons. The van der Waals surface area contributed by atoms with Gasteiger partial charge in [-0.25, -0.2) is 0 Å². The molecule has 0 atom stereocenters. The Morgan fingerprint density at radius 2 is 2.00 bits per heavy atom. The average molecular weight is 346 g/mol. The van der Waals surface area contributed by atoms with Gasteiger partial charge in [-0.05, 0) is 18.2 Å². The first-order chi connectivity index (χ1) is 12.2. The summed E-state index contributed by atoms with van der Waals surface area (Å²) in [7, 11) is 1.85. The minimum absolute atomic E-state index is 0.292. The monoisotopic (exact) mass is 346 g/mol. The molecule has 1 aromatic heterocycles. The summed E-state index contributed by atoms with van der Waals surface area (Å²) >= 11 is 1.70. The van der Waals surface area contributed by atoms with Crippen LogP contribution < -0.4 is 5.32 Å². The molecule has 2 aromatic carbocycles. The smallest absolute Gasteiger partial charge is 0.276 e. The van der Waals surface area contributed by atoms with Crippen molar-refractivity contribution in [2.45, 2.75) is 10.6 Å². The van der Waals surface area contributed by atoms with Gasteiger partial charge in [0.15, 0.2) is 5.69 Å². The molecule has 3 aromatic rings. The van der Waals surface area contributed by atoms with Gasteiger partial charge >= 0.3 is 0 Å². The molecule has 5 nitrogen and oxygen atoms in total. The van der Waals surface area contributed by atoms with E-state index in [2.05, 4.69) is 28.6 Å². The lowest BCUT2D eigenvalue weighted by Gasteiger charge is -2.17. The SMILES string of the molecule is Cn1nc(C(=O)Nc2ccccc2C#N)c2c1-c1ccccc1SC2. The van der Waals surface area contributed by atoms with Crippen LogP contribution in [-0.4, -0.2) is 15.7 Å². The number of nitrogens with one attached hydrogen (secondary N) is 1. The molecule has 0 aliphatic carbocycles. The minimum atomic E-state index is -0.292. The number of carbonyl (C=O) groups is 1. The maximum Gasteiger partial charge on any atom is 0.276 e. The Morgan fingerprint density at radius 3 is 2.84 bits per heavy atom. The van der Waals surface area contributed by atoms with E-state index in [1.165, 1.54) is 4.90 Å². The van der Waals surface area contributed by atoms with Crippen molar-refractivity contribution < 1.29 is 4.79 Å². The van der Waals surface area contributed by atoms with Crippen molar-refractivity contribution in [3.05, 3.63) is 65.4 Å². The number of anilines is 1. The highest BCUT2D eigenvalue weighted by molar-refractivity contribution is 7.98. The van der Waals surface area contributed by atoms with Crippen LogP contribution in [0.5, 0.6) is 0 Å². The lowest BCUT2D eigenvalue weighted by molar-refractivity contribution is 0.102. The molecule has 0 fully saturated rings. The fourth-order valence-electron chi connectivity index (χ4n) is 3.03. The lowest BCUT2D eigenvalue weighted by atomic mass is 10.1. The molecule has 0 unspecified atom stereocenters. The standard InChI is InChI=1S/C19H14N4OS/c1-23-18-13-7-3-5-9-16(13)25-11-14(18)17(22-23)19(24)21-15-8-4-2-6-12(15)10-20/h2-9H,11H2,1H3,(H,21,24). The second kappa shape index (κ2) is 6.11. The maximum absolute atomic E-state index is 12.8. The van der Waals surface area contributed by atoms with Crippen LogP contribution in [0.1, 0.15) is 21.6 Å². The number of para-hydroxylation sites is 1. The van der Waals surface area contributed by atoms with Crippen LogP contribution in [0, 0.1) is 11.3 Å². The van der Waals surface area contributed by atoms with E-state index in [0.29, 0.717) is 22.7 Å². The first kappa shape index (κ1) is 15.5. The van der Waals surface area contributed by atoms with Crippen molar-refractivity contribution in [3.63, 3.8) is 0 Å². The van der Waals surface area contributed by atoms with E-state index in [-0.39, 0.29) is 5.91 Å². The molecule has 0 radical (unpaired) electrons. The minimum Gasteiger partial charge on any atom is -0.319 e. The third kappa shape index (κ3) is 2.59. The third-order valence-corrected chi connectivity index (χ3v) is 5.27. The lowest BCUT2D eigenvalue weighted by Crippen LogP contribution is -2.15. The predicted octanol–water partition coefficient (Wildman–Crippen LogP) is 3.82. The van der Waals surface area contributed by atoms with Gasteiger partial charge in [0.05, 0.1) is 16.9 Å². The zero-order valence-electron chi connectivity index (χ0n) is 13.5. The second-order valence-electron chi connectivity index (χ2n) is 5.70. The van der Waals surface area contributed by atoms with Gasteiger partial charge in [0, 0.05) is 28.8 Å². The topological polar surface area (TPSA) is 70.7 Å². The number of carbonyl (C=O) groups excluding carboxylic acids is 1. The van der Waals surface area contributed by atoms with Crippen molar-refractivity contribution in [1.29, 1.82) is 5.26 Å². The van der Waals surface area contributed by atoms with Crippen LogP contribution in [-0.2, 0) is 12.8 Å². The van der Waals surface area contributed by atoms with Crippen LogP contribution in [0.25, 0.3) is 11.3 Å². The highest BCUT2D eigenvalue weighted by Crippen LogP contribution is 2.42.